The molecular weight excluding hydrogens is 311 g/mol. The van der Waals surface area contributed by atoms with Gasteiger partial charge in [-0.25, -0.2) is 4.98 Å². The van der Waals surface area contributed by atoms with Gasteiger partial charge in [0, 0.05) is 10.6 Å². The van der Waals surface area contributed by atoms with Crippen LogP contribution in [0.25, 0.3) is 10.4 Å². The molecule has 0 aliphatic rings. The van der Waals surface area contributed by atoms with Crippen molar-refractivity contribution in [3.8, 4) is 6.07 Å². The standard InChI is InChI=1S/C13H8Cl2N6/c1-7-2-4-8(5-3-7)18-13-10(14)11(20-21-17)9(6-16)12(15)19-13/h2-5H,1H3,(H,18,19). The summed E-state index contributed by atoms with van der Waals surface area (Å²) in [6.07, 6.45) is 0. The third-order valence-corrected chi connectivity index (χ3v) is 3.27. The lowest BCUT2D eigenvalue weighted by molar-refractivity contribution is 1.27. The minimum Gasteiger partial charge on any atom is -0.339 e. The number of halogens is 2. The molecular formula is C13H8Cl2N6. The van der Waals surface area contributed by atoms with Crippen LogP contribution in [-0.4, -0.2) is 4.98 Å². The highest BCUT2D eigenvalue weighted by Crippen LogP contribution is 2.38. The third-order valence-electron chi connectivity index (χ3n) is 2.64. The molecule has 0 amide bonds. The Kier molecular flexibility index (Phi) is 4.51. The molecule has 2 aromatic rings. The Bertz CT molecular complexity index is 773. The molecule has 21 heavy (non-hydrogen) atoms. The van der Waals surface area contributed by atoms with Gasteiger partial charge in [0.1, 0.15) is 16.8 Å². The lowest BCUT2D eigenvalue weighted by Crippen LogP contribution is -1.97. The van der Waals surface area contributed by atoms with Gasteiger partial charge in [-0.15, -0.1) is 0 Å². The zero-order chi connectivity index (χ0) is 15.4. The molecule has 0 radical (unpaired) electrons. The Morgan fingerprint density at radius 2 is 2.00 bits per heavy atom. The lowest BCUT2D eigenvalue weighted by atomic mass is 10.2. The molecule has 1 aromatic heterocycles. The maximum atomic E-state index is 9.02. The van der Waals surface area contributed by atoms with E-state index in [0.29, 0.717) is 0 Å². The molecule has 0 saturated carbocycles. The fourth-order valence-electron chi connectivity index (χ4n) is 1.62. The summed E-state index contributed by atoms with van der Waals surface area (Å²) < 4.78 is 0. The van der Waals surface area contributed by atoms with E-state index in [2.05, 4.69) is 20.3 Å². The van der Waals surface area contributed by atoms with Crippen molar-refractivity contribution >= 4 is 40.4 Å². The first-order valence-electron chi connectivity index (χ1n) is 5.74. The summed E-state index contributed by atoms with van der Waals surface area (Å²) in [6, 6.07) is 9.32. The van der Waals surface area contributed by atoms with E-state index in [1.807, 2.05) is 37.3 Å². The van der Waals surface area contributed by atoms with E-state index in [1.165, 1.54) is 0 Å². The minimum absolute atomic E-state index is 0.0364. The molecule has 0 fully saturated rings. The number of nitriles is 1. The fraction of sp³-hybridized carbons (Fsp3) is 0.0769. The van der Waals surface area contributed by atoms with Crippen LogP contribution in [-0.2, 0) is 0 Å². The average molecular weight is 319 g/mol. The van der Waals surface area contributed by atoms with Gasteiger partial charge in [0.2, 0.25) is 0 Å². The molecule has 0 aliphatic heterocycles. The first-order valence-corrected chi connectivity index (χ1v) is 6.50. The number of benzene rings is 1. The zero-order valence-corrected chi connectivity index (χ0v) is 12.3. The number of aryl methyl sites for hydroxylation is 1. The van der Waals surface area contributed by atoms with Crippen molar-refractivity contribution in [2.24, 2.45) is 5.11 Å². The van der Waals surface area contributed by atoms with Crippen LogP contribution in [0.5, 0.6) is 0 Å². The van der Waals surface area contributed by atoms with Crippen molar-refractivity contribution < 1.29 is 0 Å². The second kappa shape index (κ2) is 6.33. The van der Waals surface area contributed by atoms with E-state index >= 15 is 0 Å². The highest BCUT2D eigenvalue weighted by Gasteiger charge is 2.16. The fourth-order valence-corrected chi connectivity index (χ4v) is 2.05. The Labute approximate surface area is 130 Å². The predicted molar refractivity (Wildman–Crippen MR) is 82.2 cm³/mol. The number of anilines is 2. The number of pyridine rings is 1. The van der Waals surface area contributed by atoms with Crippen LogP contribution in [0, 0.1) is 18.3 Å². The summed E-state index contributed by atoms with van der Waals surface area (Å²) in [4.78, 5) is 6.67. The number of aromatic nitrogens is 1. The van der Waals surface area contributed by atoms with Crippen molar-refractivity contribution in [2.75, 3.05) is 5.32 Å². The summed E-state index contributed by atoms with van der Waals surface area (Å²) in [6.45, 7) is 1.97. The van der Waals surface area contributed by atoms with Crippen molar-refractivity contribution in [2.45, 2.75) is 6.92 Å². The van der Waals surface area contributed by atoms with Crippen molar-refractivity contribution in [3.05, 3.63) is 56.0 Å². The van der Waals surface area contributed by atoms with Crippen LogP contribution in [0.15, 0.2) is 29.4 Å². The number of hydrogen-bond donors (Lipinski definition) is 1. The molecule has 0 atom stereocenters. The second-order valence-corrected chi connectivity index (χ2v) is 4.82. The summed E-state index contributed by atoms with van der Waals surface area (Å²) in [7, 11) is 0. The molecule has 0 spiro atoms. The summed E-state index contributed by atoms with van der Waals surface area (Å²) >= 11 is 12.0. The molecule has 6 nitrogen and oxygen atoms in total. The first-order chi connectivity index (χ1) is 10.1. The highest BCUT2D eigenvalue weighted by molar-refractivity contribution is 6.37. The molecule has 1 N–H and O–H groups in total. The van der Waals surface area contributed by atoms with Crippen molar-refractivity contribution in [1.82, 2.24) is 4.98 Å². The monoisotopic (exact) mass is 318 g/mol. The van der Waals surface area contributed by atoms with Gasteiger partial charge in [-0.05, 0) is 24.6 Å². The van der Waals surface area contributed by atoms with Crippen LogP contribution in [0.1, 0.15) is 11.1 Å². The van der Waals surface area contributed by atoms with Gasteiger partial charge in [-0.3, -0.25) is 0 Å². The SMILES string of the molecule is Cc1ccc(Nc2nc(Cl)c(C#N)c(N=[N+]=[N-])c2Cl)cc1. The van der Waals surface area contributed by atoms with E-state index in [0.717, 1.165) is 11.3 Å². The molecule has 104 valence electrons. The van der Waals surface area contributed by atoms with Gasteiger partial charge in [0.25, 0.3) is 0 Å². The lowest BCUT2D eigenvalue weighted by Gasteiger charge is -2.11. The minimum atomic E-state index is -0.0843. The Balaban J connectivity index is 2.52. The number of azide groups is 1. The molecule has 0 bridgehead atoms. The largest absolute Gasteiger partial charge is 0.339 e. The van der Waals surface area contributed by atoms with Gasteiger partial charge in [-0.2, -0.15) is 5.26 Å². The van der Waals surface area contributed by atoms with Crippen molar-refractivity contribution in [3.63, 3.8) is 0 Å². The molecule has 1 heterocycles. The molecule has 8 heteroatoms. The van der Waals surface area contributed by atoms with E-state index in [-0.39, 0.29) is 27.2 Å². The van der Waals surface area contributed by atoms with E-state index in [1.54, 1.807) is 0 Å². The topological polar surface area (TPSA) is 97.5 Å². The highest BCUT2D eigenvalue weighted by atomic mass is 35.5. The van der Waals surface area contributed by atoms with Gasteiger partial charge in [-0.1, -0.05) is 46.0 Å². The normalized spacial score (nSPS) is 9.62. The maximum absolute atomic E-state index is 9.02. The van der Waals surface area contributed by atoms with E-state index in [4.69, 9.17) is 34.0 Å². The zero-order valence-electron chi connectivity index (χ0n) is 10.8. The van der Waals surface area contributed by atoms with Crippen LogP contribution < -0.4 is 5.32 Å². The van der Waals surface area contributed by atoms with Crippen molar-refractivity contribution in [1.29, 1.82) is 5.26 Å². The Hall–Kier alpha value is -2.45. The second-order valence-electron chi connectivity index (χ2n) is 4.08. The summed E-state index contributed by atoms with van der Waals surface area (Å²) in [5.74, 6) is 0.215. The smallest absolute Gasteiger partial charge is 0.151 e. The van der Waals surface area contributed by atoms with Gasteiger partial charge in [0.15, 0.2) is 5.82 Å². The van der Waals surface area contributed by atoms with Gasteiger partial charge in [0.05, 0.1) is 10.7 Å². The number of nitrogens with one attached hydrogen (secondary N) is 1. The van der Waals surface area contributed by atoms with Crippen LogP contribution in [0.4, 0.5) is 17.2 Å². The first kappa shape index (κ1) is 14.9. The Morgan fingerprint density at radius 1 is 1.33 bits per heavy atom. The number of nitrogens with zero attached hydrogens (tertiary/aromatic N) is 5. The van der Waals surface area contributed by atoms with E-state index < -0.39 is 0 Å². The molecule has 0 unspecified atom stereocenters. The summed E-state index contributed by atoms with van der Waals surface area (Å²) in [5.41, 5.74) is 10.3. The molecule has 2 rings (SSSR count). The quantitative estimate of drug-likeness (QED) is 0.362. The van der Waals surface area contributed by atoms with Gasteiger partial charge < -0.3 is 5.32 Å². The van der Waals surface area contributed by atoms with E-state index in [9.17, 15) is 0 Å². The molecule has 0 saturated heterocycles. The maximum Gasteiger partial charge on any atom is 0.151 e. The average Bonchev–Trinajstić information content (AvgIpc) is 2.47. The van der Waals surface area contributed by atoms with Crippen LogP contribution >= 0.6 is 23.2 Å². The summed E-state index contributed by atoms with van der Waals surface area (Å²) in [5, 5.41) is 15.4. The molecule has 1 aromatic carbocycles. The predicted octanol–water partition coefficient (Wildman–Crippen LogP) is 5.25. The Morgan fingerprint density at radius 3 is 2.57 bits per heavy atom. The molecule has 0 aliphatic carbocycles. The number of rotatable bonds is 3. The van der Waals surface area contributed by atoms with Crippen LogP contribution in [0.2, 0.25) is 10.2 Å². The van der Waals surface area contributed by atoms with Crippen LogP contribution in [0.3, 0.4) is 0 Å². The number of hydrogen-bond acceptors (Lipinski definition) is 4. The third kappa shape index (κ3) is 3.18. The van der Waals surface area contributed by atoms with Gasteiger partial charge >= 0.3 is 0 Å².